The predicted molar refractivity (Wildman–Crippen MR) is 89.1 cm³/mol. The van der Waals surface area contributed by atoms with Crippen LogP contribution < -0.4 is 0 Å². The summed E-state index contributed by atoms with van der Waals surface area (Å²) in [6.45, 7) is 10.2. The van der Waals surface area contributed by atoms with Gasteiger partial charge in [0.05, 0.1) is 0 Å². The van der Waals surface area contributed by atoms with Gasteiger partial charge in [-0.3, -0.25) is 4.79 Å². The first-order valence-corrected chi connectivity index (χ1v) is 7.93. The fourth-order valence-corrected chi connectivity index (χ4v) is 1.91. The Morgan fingerprint density at radius 3 is 2.20 bits per heavy atom. The van der Waals surface area contributed by atoms with Crippen molar-refractivity contribution in [2.75, 3.05) is 0 Å². The Kier molecular flexibility index (Phi) is 10.7. The standard InChI is InChI=1S/C17H24O.C2H6/c1-4-6-7-16(13-17(18)5-2)12-15-10-8-14(3)9-11-15;1-2/h8-11,13H,4-7,12H2,1-3H3;1-2H3/b16-13+;. The molecule has 0 radical (unpaired) electrons. The number of carbonyl (C=O) groups excluding carboxylic acids is 1. The number of ketones is 1. The molecule has 0 aromatic heterocycles. The number of rotatable bonds is 7. The summed E-state index contributed by atoms with van der Waals surface area (Å²) in [5.74, 6) is 0.244. The van der Waals surface area contributed by atoms with E-state index in [-0.39, 0.29) is 5.78 Å². The van der Waals surface area contributed by atoms with Gasteiger partial charge in [-0.25, -0.2) is 0 Å². The monoisotopic (exact) mass is 274 g/mol. The Labute approximate surface area is 125 Å². The molecule has 0 fully saturated rings. The summed E-state index contributed by atoms with van der Waals surface area (Å²) in [6.07, 6.45) is 6.74. The van der Waals surface area contributed by atoms with Crippen LogP contribution in [0.2, 0.25) is 0 Å². The van der Waals surface area contributed by atoms with Crippen LogP contribution in [0.15, 0.2) is 35.9 Å². The minimum Gasteiger partial charge on any atom is -0.295 e. The number of carbonyl (C=O) groups is 1. The first-order chi connectivity index (χ1) is 9.65. The van der Waals surface area contributed by atoms with Crippen LogP contribution in [0.25, 0.3) is 0 Å². The Bertz CT molecular complexity index is 398. The van der Waals surface area contributed by atoms with Crippen LogP contribution in [0.1, 0.15) is 64.5 Å². The SMILES string of the molecule is CC.CCCC/C(=C\C(=O)CC)Cc1ccc(C)cc1. The Hall–Kier alpha value is -1.37. The van der Waals surface area contributed by atoms with E-state index in [9.17, 15) is 4.79 Å². The lowest BCUT2D eigenvalue weighted by atomic mass is 9.98. The smallest absolute Gasteiger partial charge is 0.155 e. The van der Waals surface area contributed by atoms with Crippen molar-refractivity contribution in [1.29, 1.82) is 0 Å². The molecular formula is C19H30O. The van der Waals surface area contributed by atoms with Crippen LogP contribution in [0.4, 0.5) is 0 Å². The van der Waals surface area contributed by atoms with Gasteiger partial charge >= 0.3 is 0 Å². The van der Waals surface area contributed by atoms with Gasteiger partial charge in [0.25, 0.3) is 0 Å². The van der Waals surface area contributed by atoms with Crippen LogP contribution >= 0.6 is 0 Å². The zero-order valence-corrected chi connectivity index (χ0v) is 13.8. The van der Waals surface area contributed by atoms with E-state index >= 15 is 0 Å². The largest absolute Gasteiger partial charge is 0.295 e. The molecule has 1 aromatic carbocycles. The van der Waals surface area contributed by atoms with Crippen molar-refractivity contribution in [3.8, 4) is 0 Å². The number of benzene rings is 1. The molecular weight excluding hydrogens is 244 g/mol. The number of aryl methyl sites for hydroxylation is 1. The second-order valence-corrected chi connectivity index (χ2v) is 4.89. The second-order valence-electron chi connectivity index (χ2n) is 4.89. The van der Waals surface area contributed by atoms with Gasteiger partial charge in [-0.1, -0.05) is 69.5 Å². The molecule has 0 aliphatic rings. The van der Waals surface area contributed by atoms with Gasteiger partial charge < -0.3 is 0 Å². The van der Waals surface area contributed by atoms with Gasteiger partial charge in [-0.05, 0) is 37.8 Å². The molecule has 0 saturated heterocycles. The molecule has 0 saturated carbocycles. The summed E-state index contributed by atoms with van der Waals surface area (Å²) in [5.41, 5.74) is 3.85. The molecule has 0 spiro atoms. The maximum atomic E-state index is 11.6. The Balaban J connectivity index is 0.00000172. The van der Waals surface area contributed by atoms with E-state index in [1.54, 1.807) is 0 Å². The third-order valence-electron chi connectivity index (χ3n) is 3.12. The molecule has 112 valence electrons. The highest BCUT2D eigenvalue weighted by Crippen LogP contribution is 2.15. The van der Waals surface area contributed by atoms with Gasteiger partial charge in [0.2, 0.25) is 0 Å². The van der Waals surface area contributed by atoms with Crippen LogP contribution in [-0.4, -0.2) is 5.78 Å². The summed E-state index contributed by atoms with van der Waals surface area (Å²) >= 11 is 0. The zero-order chi connectivity index (χ0) is 15.4. The number of hydrogen-bond donors (Lipinski definition) is 0. The Morgan fingerprint density at radius 2 is 1.70 bits per heavy atom. The van der Waals surface area contributed by atoms with E-state index in [1.807, 2.05) is 26.8 Å². The van der Waals surface area contributed by atoms with Gasteiger partial charge in [0.15, 0.2) is 5.78 Å². The van der Waals surface area contributed by atoms with Crippen molar-refractivity contribution in [1.82, 2.24) is 0 Å². The highest BCUT2D eigenvalue weighted by Gasteiger charge is 2.03. The minimum atomic E-state index is 0.244. The number of allylic oxidation sites excluding steroid dienone is 2. The highest BCUT2D eigenvalue weighted by molar-refractivity contribution is 5.90. The van der Waals surface area contributed by atoms with Crippen LogP contribution in [0.3, 0.4) is 0 Å². The predicted octanol–water partition coefficient (Wildman–Crippen LogP) is 5.66. The second kappa shape index (κ2) is 11.5. The summed E-state index contributed by atoms with van der Waals surface area (Å²) in [6, 6.07) is 8.58. The minimum absolute atomic E-state index is 0.244. The molecule has 0 heterocycles. The number of hydrogen-bond acceptors (Lipinski definition) is 1. The summed E-state index contributed by atoms with van der Waals surface area (Å²) in [4.78, 5) is 11.6. The quantitative estimate of drug-likeness (QED) is 0.586. The van der Waals surface area contributed by atoms with Gasteiger partial charge in [-0.2, -0.15) is 0 Å². The maximum Gasteiger partial charge on any atom is 0.155 e. The Morgan fingerprint density at radius 1 is 1.10 bits per heavy atom. The van der Waals surface area contributed by atoms with E-state index in [1.165, 1.54) is 23.1 Å². The van der Waals surface area contributed by atoms with E-state index in [0.29, 0.717) is 6.42 Å². The molecule has 0 N–H and O–H groups in total. The van der Waals surface area contributed by atoms with Crippen molar-refractivity contribution in [3.63, 3.8) is 0 Å². The molecule has 0 unspecified atom stereocenters. The van der Waals surface area contributed by atoms with Gasteiger partial charge in [-0.15, -0.1) is 0 Å². The molecule has 1 aromatic rings. The van der Waals surface area contributed by atoms with Crippen molar-refractivity contribution in [2.24, 2.45) is 0 Å². The average Bonchev–Trinajstić information content (AvgIpc) is 2.49. The van der Waals surface area contributed by atoms with Crippen molar-refractivity contribution in [2.45, 2.75) is 66.7 Å². The summed E-state index contributed by atoms with van der Waals surface area (Å²) in [7, 11) is 0. The molecule has 1 rings (SSSR count). The molecule has 0 bridgehead atoms. The fourth-order valence-electron chi connectivity index (χ4n) is 1.91. The van der Waals surface area contributed by atoms with Crippen molar-refractivity contribution in [3.05, 3.63) is 47.0 Å². The lowest BCUT2D eigenvalue weighted by molar-refractivity contribution is -0.114. The average molecular weight is 274 g/mol. The number of unbranched alkanes of at least 4 members (excludes halogenated alkanes) is 1. The topological polar surface area (TPSA) is 17.1 Å². The van der Waals surface area contributed by atoms with Crippen LogP contribution in [0.5, 0.6) is 0 Å². The van der Waals surface area contributed by atoms with E-state index in [4.69, 9.17) is 0 Å². The molecule has 0 aliphatic carbocycles. The molecule has 20 heavy (non-hydrogen) atoms. The first-order valence-electron chi connectivity index (χ1n) is 7.93. The first kappa shape index (κ1) is 18.6. The molecule has 0 aliphatic heterocycles. The van der Waals surface area contributed by atoms with E-state index in [2.05, 4.69) is 38.1 Å². The summed E-state index contributed by atoms with van der Waals surface area (Å²) in [5, 5.41) is 0. The van der Waals surface area contributed by atoms with E-state index in [0.717, 1.165) is 19.3 Å². The highest BCUT2D eigenvalue weighted by atomic mass is 16.1. The van der Waals surface area contributed by atoms with Crippen molar-refractivity contribution < 1.29 is 4.79 Å². The molecule has 0 atom stereocenters. The zero-order valence-electron chi connectivity index (χ0n) is 13.8. The maximum absolute atomic E-state index is 11.6. The van der Waals surface area contributed by atoms with Gasteiger partial charge in [0.1, 0.15) is 0 Å². The van der Waals surface area contributed by atoms with Crippen LogP contribution in [-0.2, 0) is 11.2 Å². The lowest BCUT2D eigenvalue weighted by Gasteiger charge is -2.07. The third kappa shape index (κ3) is 7.93. The molecule has 0 amide bonds. The van der Waals surface area contributed by atoms with Gasteiger partial charge in [0, 0.05) is 6.42 Å². The lowest BCUT2D eigenvalue weighted by Crippen LogP contribution is -1.97. The third-order valence-corrected chi connectivity index (χ3v) is 3.12. The molecule has 1 heteroatoms. The van der Waals surface area contributed by atoms with E-state index < -0.39 is 0 Å². The normalized spacial score (nSPS) is 10.8. The van der Waals surface area contributed by atoms with Crippen LogP contribution in [0, 0.1) is 6.92 Å². The molecule has 1 nitrogen and oxygen atoms in total. The summed E-state index contributed by atoms with van der Waals surface area (Å²) < 4.78 is 0. The van der Waals surface area contributed by atoms with Crippen molar-refractivity contribution >= 4 is 5.78 Å². The fraction of sp³-hybridized carbons (Fsp3) is 0.526.